The summed E-state index contributed by atoms with van der Waals surface area (Å²) >= 11 is 0. The van der Waals surface area contributed by atoms with Crippen molar-refractivity contribution in [2.45, 2.75) is 78.2 Å². The Morgan fingerprint density at radius 1 is 0.882 bits per heavy atom. The van der Waals surface area contributed by atoms with Crippen LogP contribution >= 0.6 is 0 Å². The molecule has 3 aromatic heterocycles. The van der Waals surface area contributed by atoms with E-state index in [1.54, 1.807) is 5.19 Å². The lowest BCUT2D eigenvalue weighted by Crippen LogP contribution is -2.55. The van der Waals surface area contributed by atoms with Crippen molar-refractivity contribution in [2.24, 2.45) is 13.0 Å². The minimum atomic E-state index is -1.72. The molecule has 0 saturated heterocycles. The van der Waals surface area contributed by atoms with Gasteiger partial charge in [0.2, 0.25) is 11.7 Å². The first-order chi connectivity index (χ1) is 24.5. The van der Waals surface area contributed by atoms with E-state index in [4.69, 9.17) is 9.15 Å². The maximum absolute atomic E-state index is 7.03. The molecule has 2 aliphatic heterocycles. The largest absolute Gasteiger partial charge is 0.486 e. The van der Waals surface area contributed by atoms with E-state index in [1.807, 2.05) is 0 Å². The van der Waals surface area contributed by atoms with Crippen LogP contribution in [0.5, 0.6) is 5.75 Å². The van der Waals surface area contributed by atoms with Crippen LogP contribution in [0.1, 0.15) is 62.3 Å². The Balaban J connectivity index is 1.38. The van der Waals surface area contributed by atoms with E-state index in [9.17, 15) is 0 Å². The molecule has 0 bridgehead atoms. The predicted octanol–water partition coefficient (Wildman–Crippen LogP) is 9.58. The molecule has 2 unspecified atom stereocenters. The van der Waals surface area contributed by atoms with Crippen molar-refractivity contribution in [1.29, 1.82) is 0 Å². The number of hydrogen-bond acceptors (Lipinski definition) is 2. The zero-order valence-corrected chi connectivity index (χ0v) is 32.2. The number of imidazole rings is 1. The monoisotopic (exact) mass is 691 g/mol. The van der Waals surface area contributed by atoms with Gasteiger partial charge < -0.3 is 9.15 Å². The summed E-state index contributed by atoms with van der Waals surface area (Å²) in [4.78, 5) is 0. The molecule has 51 heavy (non-hydrogen) atoms. The first kappa shape index (κ1) is 32.2. The fourth-order valence-electron chi connectivity index (χ4n) is 9.04. The number of hydrogen-bond donors (Lipinski definition) is 0. The summed E-state index contributed by atoms with van der Waals surface area (Å²) in [5.74, 6) is 3.23. The molecule has 2 atom stereocenters. The van der Waals surface area contributed by atoms with Crippen LogP contribution in [-0.4, -0.2) is 19.2 Å². The minimum Gasteiger partial charge on any atom is -0.486 e. The third-order valence-corrected chi connectivity index (χ3v) is 13.6. The predicted molar refractivity (Wildman–Crippen MR) is 211 cm³/mol. The van der Waals surface area contributed by atoms with Crippen LogP contribution in [0.2, 0.25) is 19.6 Å². The third kappa shape index (κ3) is 5.01. The number of pyridine rings is 1. The maximum Gasteiger partial charge on any atom is 0.293 e. The lowest BCUT2D eigenvalue weighted by atomic mass is 9.81. The van der Waals surface area contributed by atoms with E-state index >= 15 is 0 Å². The summed E-state index contributed by atoms with van der Waals surface area (Å²) in [6.07, 6.45) is 3.60. The van der Waals surface area contributed by atoms with Crippen molar-refractivity contribution >= 4 is 46.2 Å². The highest BCUT2D eigenvalue weighted by Gasteiger charge is 2.47. The topological polar surface area (TPSA) is 35.1 Å². The standard InChI is InChI=1S/C45H49N3O2Si/c1-27(2)21-30-22-38-43-32(19-20-33-31-18-17-29(28(3)4)23-41(31)50-44(33)43)35-24-48-37-15-11-10-14-36(37)46(5)45(48)34-13-9-12-16-40(34)49-26-39(35)47(38)25-42(30)51(6,7)8/h9-20,22-23,25,27-28,35,39H,21,24,26H2,1-8H3/q+2. The average molecular weight is 692 g/mol. The molecule has 0 spiro atoms. The molecule has 7 aromatic rings. The van der Waals surface area contributed by atoms with Crippen molar-refractivity contribution in [1.82, 2.24) is 4.57 Å². The summed E-state index contributed by atoms with van der Waals surface area (Å²) in [6.45, 7) is 18.1. The molecule has 4 aromatic carbocycles. The SMILES string of the molecule is CC(C)Cc1cc2[n+](cc1[Si](C)(C)C)C1COc3ccccc3-c3n(c4ccccc4[n+]3C)CC1c1ccc3c(oc4cc(C(C)C)ccc43)c1-2. The number of fused-ring (bicyclic) bond motifs is 15. The van der Waals surface area contributed by atoms with Gasteiger partial charge in [-0.15, -0.1) is 0 Å². The van der Waals surface area contributed by atoms with Crippen LogP contribution in [0.4, 0.5) is 0 Å². The Morgan fingerprint density at radius 3 is 2.43 bits per heavy atom. The van der Waals surface area contributed by atoms with Crippen molar-refractivity contribution in [3.8, 4) is 28.4 Å². The second-order valence-electron chi connectivity index (χ2n) is 16.7. The summed E-state index contributed by atoms with van der Waals surface area (Å²) < 4.78 is 21.5. The normalized spacial score (nSPS) is 17.1. The quantitative estimate of drug-likeness (QED) is 0.136. The molecule has 6 heteroatoms. The Hall–Kier alpha value is -4.68. The van der Waals surface area contributed by atoms with E-state index in [2.05, 4.69) is 159 Å². The minimum absolute atomic E-state index is 0.0792. The van der Waals surface area contributed by atoms with Crippen molar-refractivity contribution < 1.29 is 18.3 Å². The second kappa shape index (κ2) is 11.7. The van der Waals surface area contributed by atoms with Gasteiger partial charge in [-0.2, -0.15) is 4.57 Å². The Kier molecular flexibility index (Phi) is 7.38. The molecule has 2 aliphatic rings. The number of aromatic nitrogens is 3. The number of benzene rings is 4. The molecular weight excluding hydrogens is 643 g/mol. The van der Waals surface area contributed by atoms with E-state index in [0.29, 0.717) is 18.4 Å². The molecule has 5 heterocycles. The van der Waals surface area contributed by atoms with Crippen molar-refractivity contribution in [2.75, 3.05) is 6.61 Å². The molecule has 5 nitrogen and oxygen atoms in total. The van der Waals surface area contributed by atoms with Gasteiger partial charge >= 0.3 is 0 Å². The van der Waals surface area contributed by atoms with Crippen molar-refractivity contribution in [3.05, 3.63) is 108 Å². The number of ether oxygens (including phenoxy) is 1. The molecule has 9 rings (SSSR count). The van der Waals surface area contributed by atoms with E-state index in [0.717, 1.165) is 35.4 Å². The van der Waals surface area contributed by atoms with Gasteiger partial charge in [0.15, 0.2) is 23.8 Å². The lowest BCUT2D eigenvalue weighted by molar-refractivity contribution is -0.718. The van der Waals surface area contributed by atoms with Gasteiger partial charge in [0, 0.05) is 22.0 Å². The molecule has 0 saturated carbocycles. The van der Waals surface area contributed by atoms with Crippen LogP contribution in [0, 0.1) is 5.92 Å². The fourth-order valence-corrected chi connectivity index (χ4v) is 10.7. The van der Waals surface area contributed by atoms with Crippen LogP contribution in [0.3, 0.4) is 0 Å². The first-order valence-corrected chi connectivity index (χ1v) is 22.3. The summed E-state index contributed by atoms with van der Waals surface area (Å²) in [7, 11) is 0.470. The fraction of sp³-hybridized carbons (Fsp3) is 0.333. The van der Waals surface area contributed by atoms with Gasteiger partial charge in [0.25, 0.3) is 5.82 Å². The highest BCUT2D eigenvalue weighted by atomic mass is 28.3. The number of nitrogens with zero attached hydrogens (tertiary/aromatic N) is 3. The molecule has 0 amide bonds. The number of aryl methyl sites for hydroxylation is 1. The molecule has 0 N–H and O–H groups in total. The van der Waals surface area contributed by atoms with E-state index in [1.165, 1.54) is 55.6 Å². The van der Waals surface area contributed by atoms with Crippen LogP contribution < -0.4 is 19.1 Å². The second-order valence-corrected chi connectivity index (χ2v) is 21.8. The molecular formula is C45H49N3O2Si+2. The van der Waals surface area contributed by atoms with Crippen molar-refractivity contribution in [3.63, 3.8) is 0 Å². The van der Waals surface area contributed by atoms with Crippen LogP contribution in [-0.2, 0) is 20.0 Å². The summed E-state index contributed by atoms with van der Waals surface area (Å²) in [6, 6.07) is 31.6. The van der Waals surface area contributed by atoms with Gasteiger partial charge in [-0.25, -0.2) is 9.13 Å². The highest BCUT2D eigenvalue weighted by molar-refractivity contribution is 6.89. The van der Waals surface area contributed by atoms with Crippen LogP contribution in [0.25, 0.3) is 55.6 Å². The number of furan rings is 1. The zero-order valence-electron chi connectivity index (χ0n) is 31.2. The molecule has 0 fully saturated rings. The van der Waals surface area contributed by atoms with E-state index < -0.39 is 8.07 Å². The average Bonchev–Trinajstić information content (AvgIpc) is 3.62. The molecule has 0 radical (unpaired) electrons. The van der Waals surface area contributed by atoms with Gasteiger partial charge in [-0.1, -0.05) is 95.9 Å². The summed E-state index contributed by atoms with van der Waals surface area (Å²) in [5, 5.41) is 3.92. The number of rotatable bonds is 4. The zero-order chi connectivity index (χ0) is 35.3. The Bertz CT molecular complexity index is 2510. The first-order valence-electron chi connectivity index (χ1n) is 18.8. The molecule has 0 aliphatic carbocycles. The third-order valence-electron chi connectivity index (χ3n) is 11.5. The molecule has 258 valence electrons. The Morgan fingerprint density at radius 2 is 1.65 bits per heavy atom. The maximum atomic E-state index is 7.03. The van der Waals surface area contributed by atoms with Gasteiger partial charge in [-0.3, -0.25) is 0 Å². The van der Waals surface area contributed by atoms with Crippen LogP contribution in [0.15, 0.2) is 95.5 Å². The van der Waals surface area contributed by atoms with Gasteiger partial charge in [0.05, 0.1) is 26.6 Å². The van der Waals surface area contributed by atoms with Gasteiger partial charge in [-0.05, 0) is 65.3 Å². The van der Waals surface area contributed by atoms with E-state index in [-0.39, 0.29) is 12.0 Å². The number of para-hydroxylation sites is 3. The van der Waals surface area contributed by atoms with Gasteiger partial charge in [0.1, 0.15) is 29.0 Å². The smallest absolute Gasteiger partial charge is 0.293 e. The summed E-state index contributed by atoms with van der Waals surface area (Å²) in [5.41, 5.74) is 12.2. The Labute approximate surface area is 302 Å². The lowest BCUT2D eigenvalue weighted by Gasteiger charge is -2.31. The highest BCUT2D eigenvalue weighted by Crippen LogP contribution is 2.47.